The molecule has 0 unspecified atom stereocenters. The van der Waals surface area contributed by atoms with E-state index >= 15 is 0 Å². The van der Waals surface area contributed by atoms with Gasteiger partial charge in [-0.25, -0.2) is 4.98 Å². The van der Waals surface area contributed by atoms with Crippen LogP contribution in [0.4, 0.5) is 23.1 Å². The lowest BCUT2D eigenvalue weighted by Crippen LogP contribution is -2.11. The molecule has 4 rings (SSSR count). The third-order valence-electron chi connectivity index (χ3n) is 4.69. The van der Waals surface area contributed by atoms with Crippen molar-refractivity contribution in [2.45, 2.75) is 6.92 Å². The number of nitrogens with zero attached hydrogens (tertiary/aromatic N) is 4. The first-order valence-electron chi connectivity index (χ1n) is 9.36. The summed E-state index contributed by atoms with van der Waals surface area (Å²) >= 11 is 6.33. The summed E-state index contributed by atoms with van der Waals surface area (Å²) in [5.74, 6) is 0.834. The van der Waals surface area contributed by atoms with E-state index in [1.165, 1.54) is 6.20 Å². The van der Waals surface area contributed by atoms with Crippen molar-refractivity contribution in [2.75, 3.05) is 24.0 Å². The first kappa shape index (κ1) is 20.4. The van der Waals surface area contributed by atoms with Crippen LogP contribution in [0.2, 0.25) is 5.02 Å². The van der Waals surface area contributed by atoms with E-state index in [9.17, 15) is 4.57 Å². The molecule has 0 bridgehead atoms. The molecule has 7 nitrogen and oxygen atoms in total. The molecule has 2 aromatic carbocycles. The smallest absolute Gasteiger partial charge is 0.229 e. The lowest BCUT2D eigenvalue weighted by Gasteiger charge is -2.16. The van der Waals surface area contributed by atoms with Gasteiger partial charge in [-0.2, -0.15) is 10.1 Å². The third-order valence-corrected chi connectivity index (χ3v) is 6.52. The van der Waals surface area contributed by atoms with E-state index in [1.807, 2.05) is 50.5 Å². The summed E-state index contributed by atoms with van der Waals surface area (Å²) in [4.78, 5) is 8.83. The van der Waals surface area contributed by atoms with Gasteiger partial charge in [0.05, 0.1) is 17.4 Å². The molecule has 0 amide bonds. The minimum Gasteiger partial charge on any atom is -0.338 e. The van der Waals surface area contributed by atoms with E-state index in [0.717, 1.165) is 27.5 Å². The van der Waals surface area contributed by atoms with Gasteiger partial charge in [-0.05, 0) is 50.1 Å². The number of hydrogen-bond acceptors (Lipinski definition) is 6. The summed E-state index contributed by atoms with van der Waals surface area (Å²) in [6.07, 6.45) is 3.51. The highest BCUT2D eigenvalue weighted by Crippen LogP contribution is 2.38. The SMILES string of the molecule is Cc1cc2cn(C)nc2cc1Nc1ncc(Cl)c(Nc2ccccc2P(C)(C)=O)n1. The Bertz CT molecular complexity index is 1300. The van der Waals surface area contributed by atoms with Crippen LogP contribution in [0.3, 0.4) is 0 Å². The number of hydrogen-bond donors (Lipinski definition) is 2. The molecule has 4 aromatic rings. The van der Waals surface area contributed by atoms with Crippen LogP contribution in [0.25, 0.3) is 10.9 Å². The summed E-state index contributed by atoms with van der Waals surface area (Å²) in [5, 5.41) is 13.1. The maximum absolute atomic E-state index is 12.6. The van der Waals surface area contributed by atoms with Gasteiger partial charge in [0, 0.05) is 29.6 Å². The number of aromatic nitrogens is 4. The molecule has 30 heavy (non-hydrogen) atoms. The Morgan fingerprint density at radius 2 is 1.87 bits per heavy atom. The van der Waals surface area contributed by atoms with Crippen molar-refractivity contribution in [3.63, 3.8) is 0 Å². The molecule has 0 saturated heterocycles. The van der Waals surface area contributed by atoms with Crippen LogP contribution in [0.5, 0.6) is 0 Å². The average molecular weight is 441 g/mol. The van der Waals surface area contributed by atoms with Crippen LogP contribution in [0, 0.1) is 6.92 Å². The molecule has 0 aliphatic rings. The molecule has 154 valence electrons. The van der Waals surface area contributed by atoms with Crippen molar-refractivity contribution in [1.82, 2.24) is 19.7 Å². The molecule has 0 atom stereocenters. The van der Waals surface area contributed by atoms with Crippen molar-refractivity contribution < 1.29 is 4.57 Å². The predicted molar refractivity (Wildman–Crippen MR) is 125 cm³/mol. The minimum absolute atomic E-state index is 0.370. The largest absolute Gasteiger partial charge is 0.338 e. The summed E-state index contributed by atoms with van der Waals surface area (Å²) < 4.78 is 14.4. The fourth-order valence-electron chi connectivity index (χ4n) is 3.26. The van der Waals surface area contributed by atoms with Crippen molar-refractivity contribution >= 4 is 58.1 Å². The molecular formula is C21H22ClN6OP. The lowest BCUT2D eigenvalue weighted by molar-refractivity contribution is 0.588. The number of nitrogens with one attached hydrogen (secondary N) is 2. The molecular weight excluding hydrogens is 419 g/mol. The third kappa shape index (κ3) is 4.18. The molecule has 2 aromatic heterocycles. The number of anilines is 4. The Hall–Kier alpha value is -2.89. The van der Waals surface area contributed by atoms with Gasteiger partial charge in [-0.1, -0.05) is 23.7 Å². The van der Waals surface area contributed by atoms with Gasteiger partial charge < -0.3 is 15.2 Å². The molecule has 0 radical (unpaired) electrons. The monoisotopic (exact) mass is 440 g/mol. The van der Waals surface area contributed by atoms with E-state index in [2.05, 4.69) is 31.8 Å². The van der Waals surface area contributed by atoms with Gasteiger partial charge in [0.15, 0.2) is 5.82 Å². The van der Waals surface area contributed by atoms with Crippen LogP contribution in [-0.4, -0.2) is 33.1 Å². The van der Waals surface area contributed by atoms with Gasteiger partial charge in [0.2, 0.25) is 5.95 Å². The average Bonchev–Trinajstić information content (AvgIpc) is 3.03. The minimum atomic E-state index is -2.48. The highest BCUT2D eigenvalue weighted by Gasteiger charge is 2.17. The number of aryl methyl sites for hydroxylation is 2. The van der Waals surface area contributed by atoms with Gasteiger partial charge in [0.25, 0.3) is 0 Å². The van der Waals surface area contributed by atoms with Gasteiger partial charge in [0.1, 0.15) is 12.2 Å². The van der Waals surface area contributed by atoms with Crippen LogP contribution in [-0.2, 0) is 11.6 Å². The van der Waals surface area contributed by atoms with Crippen molar-refractivity contribution in [3.8, 4) is 0 Å². The molecule has 0 fully saturated rings. The van der Waals surface area contributed by atoms with E-state index in [0.29, 0.717) is 22.5 Å². The summed E-state index contributed by atoms with van der Waals surface area (Å²) in [7, 11) is -0.581. The van der Waals surface area contributed by atoms with Gasteiger partial charge >= 0.3 is 0 Å². The first-order valence-corrected chi connectivity index (χ1v) is 12.3. The second-order valence-corrected chi connectivity index (χ2v) is 11.1. The van der Waals surface area contributed by atoms with E-state index < -0.39 is 7.14 Å². The van der Waals surface area contributed by atoms with Crippen molar-refractivity contribution in [2.24, 2.45) is 7.05 Å². The number of fused-ring (bicyclic) bond motifs is 1. The zero-order chi connectivity index (χ0) is 21.5. The standard InChI is InChI=1S/C21H22ClN6OP/c1-13-9-14-12-28(2)27-18(14)10-17(13)25-21-23-11-15(22)20(26-21)24-16-7-5-6-8-19(16)30(3,4)29/h5-12H,1-4H3,(H2,23,24,25,26). The second-order valence-electron chi connectivity index (χ2n) is 7.54. The van der Waals surface area contributed by atoms with Gasteiger partial charge in [-0.3, -0.25) is 4.68 Å². The normalized spacial score (nSPS) is 11.6. The zero-order valence-electron chi connectivity index (χ0n) is 17.1. The molecule has 9 heteroatoms. The number of halogens is 1. The lowest BCUT2D eigenvalue weighted by atomic mass is 10.1. The molecule has 2 N–H and O–H groups in total. The fraction of sp³-hybridized carbons (Fsp3) is 0.190. The Morgan fingerprint density at radius 1 is 1.10 bits per heavy atom. The summed E-state index contributed by atoms with van der Waals surface area (Å²) in [6, 6.07) is 11.5. The van der Waals surface area contributed by atoms with Crippen LogP contribution >= 0.6 is 18.7 Å². The van der Waals surface area contributed by atoms with E-state index in [-0.39, 0.29) is 0 Å². The molecule has 0 aliphatic heterocycles. The number of para-hydroxylation sites is 1. The fourth-order valence-corrected chi connectivity index (χ4v) is 4.55. The highest BCUT2D eigenvalue weighted by atomic mass is 35.5. The zero-order valence-corrected chi connectivity index (χ0v) is 18.8. The Labute approximate surface area is 179 Å². The van der Waals surface area contributed by atoms with Gasteiger partial charge in [-0.15, -0.1) is 0 Å². The topological polar surface area (TPSA) is 84.7 Å². The van der Waals surface area contributed by atoms with Crippen LogP contribution in [0.1, 0.15) is 5.56 Å². The first-order chi connectivity index (χ1) is 14.2. The van der Waals surface area contributed by atoms with E-state index in [1.54, 1.807) is 18.0 Å². The number of rotatable bonds is 5. The Kier molecular flexibility index (Phi) is 5.26. The summed E-state index contributed by atoms with van der Waals surface area (Å²) in [5.41, 5.74) is 3.50. The second kappa shape index (κ2) is 7.74. The molecule has 0 saturated carbocycles. The van der Waals surface area contributed by atoms with Crippen molar-refractivity contribution in [3.05, 3.63) is 59.4 Å². The molecule has 0 spiro atoms. The maximum atomic E-state index is 12.6. The highest BCUT2D eigenvalue weighted by molar-refractivity contribution is 7.70. The number of benzene rings is 2. The van der Waals surface area contributed by atoms with Crippen LogP contribution in [0.15, 0.2) is 48.8 Å². The van der Waals surface area contributed by atoms with E-state index in [4.69, 9.17) is 11.6 Å². The molecule has 0 aliphatic carbocycles. The summed E-state index contributed by atoms with van der Waals surface area (Å²) in [6.45, 7) is 5.48. The molecule has 2 heterocycles. The van der Waals surface area contributed by atoms with Crippen molar-refractivity contribution in [1.29, 1.82) is 0 Å². The van der Waals surface area contributed by atoms with Crippen LogP contribution < -0.4 is 15.9 Å². The quantitative estimate of drug-likeness (QED) is 0.422. The Morgan fingerprint density at radius 3 is 2.63 bits per heavy atom. The predicted octanol–water partition coefficient (Wildman–Crippen LogP) is 5.06. The Balaban J connectivity index is 1.67. The maximum Gasteiger partial charge on any atom is 0.229 e.